The van der Waals surface area contributed by atoms with Crippen molar-refractivity contribution < 1.29 is 19.7 Å². The molecule has 0 aliphatic carbocycles. The van der Waals surface area contributed by atoms with Gasteiger partial charge in [-0.3, -0.25) is 0 Å². The highest BCUT2D eigenvalue weighted by atomic mass is 35.5. The van der Waals surface area contributed by atoms with Crippen LogP contribution in [0.15, 0.2) is 18.2 Å². The molecular weight excluding hydrogens is 232 g/mol. The van der Waals surface area contributed by atoms with E-state index in [2.05, 4.69) is 4.74 Å². The molecule has 1 aromatic carbocycles. The first-order valence-corrected chi connectivity index (χ1v) is 5.05. The minimum absolute atomic E-state index is 0.293. The van der Waals surface area contributed by atoms with E-state index in [1.807, 2.05) is 6.92 Å². The first kappa shape index (κ1) is 13.0. The van der Waals surface area contributed by atoms with Gasteiger partial charge in [0.25, 0.3) is 0 Å². The molecule has 0 aromatic heterocycles. The molecule has 1 aromatic rings. The van der Waals surface area contributed by atoms with Crippen LogP contribution in [0.1, 0.15) is 17.2 Å². The first-order chi connectivity index (χ1) is 7.47. The van der Waals surface area contributed by atoms with Gasteiger partial charge in [0.2, 0.25) is 0 Å². The van der Waals surface area contributed by atoms with Crippen molar-refractivity contribution in [1.82, 2.24) is 0 Å². The van der Waals surface area contributed by atoms with E-state index in [9.17, 15) is 15.0 Å². The highest BCUT2D eigenvalue weighted by Crippen LogP contribution is 2.26. The van der Waals surface area contributed by atoms with E-state index in [-0.39, 0.29) is 0 Å². The predicted octanol–water partition coefficient (Wildman–Crippen LogP) is 1.22. The zero-order valence-electron chi connectivity index (χ0n) is 8.98. The Kier molecular flexibility index (Phi) is 4.29. The number of carbonyl (C=O) groups excluding carboxylic acids is 1. The summed E-state index contributed by atoms with van der Waals surface area (Å²) in [4.78, 5) is 11.0. The van der Waals surface area contributed by atoms with Gasteiger partial charge in [0.05, 0.1) is 7.11 Å². The van der Waals surface area contributed by atoms with Gasteiger partial charge >= 0.3 is 5.97 Å². The van der Waals surface area contributed by atoms with Crippen molar-refractivity contribution in [3.63, 3.8) is 0 Å². The van der Waals surface area contributed by atoms with Gasteiger partial charge in [-0.05, 0) is 13.0 Å². The molecule has 0 aliphatic rings. The number of hydrogen-bond donors (Lipinski definition) is 2. The maximum absolute atomic E-state index is 11.0. The molecule has 0 heterocycles. The molecule has 0 spiro atoms. The molecule has 16 heavy (non-hydrogen) atoms. The smallest absolute Gasteiger partial charge is 0.337 e. The van der Waals surface area contributed by atoms with Crippen LogP contribution in [-0.2, 0) is 9.53 Å². The van der Waals surface area contributed by atoms with E-state index in [0.717, 1.165) is 12.7 Å². The number of rotatable bonds is 3. The lowest BCUT2D eigenvalue weighted by Gasteiger charge is -2.17. The van der Waals surface area contributed by atoms with Crippen LogP contribution < -0.4 is 0 Å². The van der Waals surface area contributed by atoms with Gasteiger partial charge in [-0.25, -0.2) is 4.79 Å². The van der Waals surface area contributed by atoms with E-state index >= 15 is 0 Å². The van der Waals surface area contributed by atoms with Gasteiger partial charge in [0.1, 0.15) is 6.10 Å². The minimum Gasteiger partial charge on any atom is -0.467 e. The third-order valence-corrected chi connectivity index (χ3v) is 2.56. The monoisotopic (exact) mass is 244 g/mol. The Bertz CT molecular complexity index is 392. The van der Waals surface area contributed by atoms with E-state index in [1.54, 1.807) is 18.2 Å². The summed E-state index contributed by atoms with van der Waals surface area (Å²) in [5.74, 6) is -0.898. The standard InChI is InChI=1S/C11H13ClO4/c1-6-3-4-8(12)7(5-6)9(13)10(14)11(15)16-2/h3-5,9-10,13-14H,1-2H3. The maximum atomic E-state index is 11.0. The second kappa shape index (κ2) is 5.30. The lowest BCUT2D eigenvalue weighted by atomic mass is 10.0. The fraction of sp³-hybridized carbons (Fsp3) is 0.364. The Morgan fingerprint density at radius 2 is 2.06 bits per heavy atom. The first-order valence-electron chi connectivity index (χ1n) is 4.67. The maximum Gasteiger partial charge on any atom is 0.337 e. The molecule has 1 rings (SSSR count). The van der Waals surface area contributed by atoms with Crippen molar-refractivity contribution >= 4 is 17.6 Å². The number of halogens is 1. The van der Waals surface area contributed by atoms with Crippen molar-refractivity contribution in [2.75, 3.05) is 7.11 Å². The molecule has 0 saturated heterocycles. The molecule has 0 bridgehead atoms. The van der Waals surface area contributed by atoms with Gasteiger partial charge < -0.3 is 14.9 Å². The van der Waals surface area contributed by atoms with Crippen LogP contribution >= 0.6 is 11.6 Å². The number of methoxy groups -OCH3 is 1. The van der Waals surface area contributed by atoms with E-state index < -0.39 is 18.2 Å². The summed E-state index contributed by atoms with van der Waals surface area (Å²) in [6.45, 7) is 1.82. The number of esters is 1. The number of benzene rings is 1. The van der Waals surface area contributed by atoms with Gasteiger partial charge in [-0.15, -0.1) is 0 Å². The summed E-state index contributed by atoms with van der Waals surface area (Å²) in [5.41, 5.74) is 1.18. The average molecular weight is 245 g/mol. The van der Waals surface area contributed by atoms with Crippen molar-refractivity contribution in [2.45, 2.75) is 19.1 Å². The molecule has 0 saturated carbocycles. The number of hydrogen-bond acceptors (Lipinski definition) is 4. The Morgan fingerprint density at radius 1 is 1.44 bits per heavy atom. The molecular formula is C11H13ClO4. The molecule has 0 fully saturated rings. The Hall–Kier alpha value is -1.10. The molecule has 0 aliphatic heterocycles. The highest BCUT2D eigenvalue weighted by molar-refractivity contribution is 6.31. The molecule has 2 N–H and O–H groups in total. The number of aliphatic hydroxyl groups is 2. The zero-order chi connectivity index (χ0) is 12.3. The second-order valence-electron chi connectivity index (χ2n) is 3.44. The van der Waals surface area contributed by atoms with E-state index in [0.29, 0.717) is 10.6 Å². The van der Waals surface area contributed by atoms with Gasteiger partial charge in [-0.2, -0.15) is 0 Å². The Balaban J connectivity index is 2.99. The summed E-state index contributed by atoms with van der Waals surface area (Å²) in [5, 5.41) is 19.5. The van der Waals surface area contributed by atoms with Crippen LogP contribution in [0.5, 0.6) is 0 Å². The predicted molar refractivity (Wildman–Crippen MR) is 59.2 cm³/mol. The molecule has 88 valence electrons. The zero-order valence-corrected chi connectivity index (χ0v) is 9.73. The van der Waals surface area contributed by atoms with Crippen LogP contribution in [0.4, 0.5) is 0 Å². The summed E-state index contributed by atoms with van der Waals surface area (Å²) in [7, 11) is 1.14. The summed E-state index contributed by atoms with van der Waals surface area (Å²) in [6, 6.07) is 4.97. The average Bonchev–Trinajstić information content (AvgIpc) is 2.29. The van der Waals surface area contributed by atoms with Gasteiger partial charge in [0, 0.05) is 10.6 Å². The largest absolute Gasteiger partial charge is 0.467 e. The van der Waals surface area contributed by atoms with Crippen molar-refractivity contribution in [1.29, 1.82) is 0 Å². The number of aryl methyl sites for hydroxylation is 1. The lowest BCUT2D eigenvalue weighted by Crippen LogP contribution is -2.29. The Morgan fingerprint density at radius 3 is 2.62 bits per heavy atom. The van der Waals surface area contributed by atoms with Crippen molar-refractivity contribution in [3.8, 4) is 0 Å². The topological polar surface area (TPSA) is 66.8 Å². The van der Waals surface area contributed by atoms with Gasteiger partial charge in [0.15, 0.2) is 6.10 Å². The third-order valence-electron chi connectivity index (χ3n) is 2.21. The summed E-state index contributed by atoms with van der Waals surface area (Å²) in [6.07, 6.45) is -3.02. The number of ether oxygens (including phenoxy) is 1. The summed E-state index contributed by atoms with van der Waals surface area (Å²) < 4.78 is 4.33. The van der Waals surface area contributed by atoms with E-state index in [4.69, 9.17) is 11.6 Å². The number of aliphatic hydroxyl groups excluding tert-OH is 2. The lowest BCUT2D eigenvalue weighted by molar-refractivity contribution is -0.156. The molecule has 0 radical (unpaired) electrons. The third kappa shape index (κ3) is 2.72. The van der Waals surface area contributed by atoms with Crippen molar-refractivity contribution in [3.05, 3.63) is 34.3 Å². The fourth-order valence-corrected chi connectivity index (χ4v) is 1.54. The van der Waals surface area contributed by atoms with Crippen LogP contribution in [0, 0.1) is 6.92 Å². The molecule has 4 nitrogen and oxygen atoms in total. The fourth-order valence-electron chi connectivity index (χ4n) is 1.31. The SMILES string of the molecule is COC(=O)C(O)C(O)c1cc(C)ccc1Cl. The number of carbonyl (C=O) groups is 1. The minimum atomic E-state index is -1.63. The second-order valence-corrected chi connectivity index (χ2v) is 3.85. The van der Waals surface area contributed by atoms with Crippen molar-refractivity contribution in [2.24, 2.45) is 0 Å². The molecule has 5 heteroatoms. The Labute approximate surface area is 98.4 Å². The molecule has 0 amide bonds. The molecule has 2 atom stereocenters. The van der Waals surface area contributed by atoms with Crippen LogP contribution in [0.2, 0.25) is 5.02 Å². The summed E-state index contributed by atoms with van der Waals surface area (Å²) >= 11 is 5.86. The normalized spacial score (nSPS) is 14.3. The van der Waals surface area contributed by atoms with E-state index in [1.165, 1.54) is 0 Å². The highest BCUT2D eigenvalue weighted by Gasteiger charge is 2.27. The quantitative estimate of drug-likeness (QED) is 0.785. The van der Waals surface area contributed by atoms with Gasteiger partial charge in [-0.1, -0.05) is 29.3 Å². The van der Waals surface area contributed by atoms with Crippen LogP contribution in [0.25, 0.3) is 0 Å². The molecule has 2 unspecified atom stereocenters. The van der Waals surface area contributed by atoms with Crippen LogP contribution in [0.3, 0.4) is 0 Å². The van der Waals surface area contributed by atoms with Crippen LogP contribution in [-0.4, -0.2) is 29.4 Å².